The third kappa shape index (κ3) is 2.20. The van der Waals surface area contributed by atoms with Crippen molar-refractivity contribution in [2.45, 2.75) is 38.0 Å². The van der Waals surface area contributed by atoms with Gasteiger partial charge in [0.15, 0.2) is 5.65 Å². The molecule has 0 radical (unpaired) electrons. The van der Waals surface area contributed by atoms with Crippen molar-refractivity contribution in [2.75, 3.05) is 7.11 Å². The number of hydrogen-bond acceptors (Lipinski definition) is 4. The molecule has 3 rings (SSSR count). The Morgan fingerprint density at radius 3 is 2.84 bits per heavy atom. The van der Waals surface area contributed by atoms with Crippen LogP contribution in [0, 0.1) is 0 Å². The first-order chi connectivity index (χ1) is 9.29. The van der Waals surface area contributed by atoms with E-state index in [-0.39, 0.29) is 5.97 Å². The summed E-state index contributed by atoms with van der Waals surface area (Å²) in [7, 11) is 1.38. The van der Waals surface area contributed by atoms with Crippen molar-refractivity contribution >= 4 is 11.6 Å². The van der Waals surface area contributed by atoms with Gasteiger partial charge >= 0.3 is 5.97 Å². The van der Waals surface area contributed by atoms with Gasteiger partial charge in [0.25, 0.3) is 0 Å². The van der Waals surface area contributed by atoms with E-state index >= 15 is 0 Å². The Kier molecular flexibility index (Phi) is 3.19. The Hall–Kier alpha value is -1.91. The predicted octanol–water partition coefficient (Wildman–Crippen LogP) is 2.56. The maximum Gasteiger partial charge on any atom is 0.338 e. The first kappa shape index (κ1) is 12.1. The van der Waals surface area contributed by atoms with E-state index in [0.29, 0.717) is 17.1 Å². The lowest BCUT2D eigenvalue weighted by Crippen LogP contribution is -2.09. The van der Waals surface area contributed by atoms with Crippen molar-refractivity contribution in [2.24, 2.45) is 0 Å². The summed E-state index contributed by atoms with van der Waals surface area (Å²) in [6, 6.07) is 3.49. The van der Waals surface area contributed by atoms with Crippen LogP contribution in [0.2, 0.25) is 0 Å². The molecule has 5 heteroatoms. The fourth-order valence-corrected chi connectivity index (χ4v) is 2.79. The molecule has 0 aromatic carbocycles. The predicted molar refractivity (Wildman–Crippen MR) is 70.2 cm³/mol. The minimum Gasteiger partial charge on any atom is -0.465 e. The van der Waals surface area contributed by atoms with Crippen LogP contribution in [-0.4, -0.2) is 27.7 Å². The van der Waals surface area contributed by atoms with Gasteiger partial charge in [0.1, 0.15) is 5.82 Å². The van der Waals surface area contributed by atoms with Gasteiger partial charge in [-0.05, 0) is 25.0 Å². The molecular formula is C14H17N3O2. The topological polar surface area (TPSA) is 56.5 Å². The molecule has 1 aliphatic carbocycles. The molecule has 0 saturated heterocycles. The third-order valence-corrected chi connectivity index (χ3v) is 3.83. The Morgan fingerprint density at radius 2 is 2.11 bits per heavy atom. The van der Waals surface area contributed by atoms with E-state index in [1.807, 2.05) is 10.6 Å². The molecule has 0 spiro atoms. The van der Waals surface area contributed by atoms with Crippen molar-refractivity contribution < 1.29 is 9.53 Å². The lowest BCUT2D eigenvalue weighted by molar-refractivity contribution is 0.0600. The summed E-state index contributed by atoms with van der Waals surface area (Å²) in [5, 5.41) is 8.48. The lowest BCUT2D eigenvalue weighted by atomic mass is 9.89. The summed E-state index contributed by atoms with van der Waals surface area (Å²) in [6.45, 7) is 0. The molecule has 0 aliphatic heterocycles. The molecule has 100 valence electrons. The van der Waals surface area contributed by atoms with E-state index in [9.17, 15) is 4.79 Å². The second-order valence-electron chi connectivity index (χ2n) is 5.03. The van der Waals surface area contributed by atoms with E-state index in [1.54, 1.807) is 12.1 Å². The summed E-state index contributed by atoms with van der Waals surface area (Å²) in [5.74, 6) is 1.17. The zero-order valence-corrected chi connectivity index (χ0v) is 11.0. The zero-order valence-electron chi connectivity index (χ0n) is 11.0. The quantitative estimate of drug-likeness (QED) is 0.778. The first-order valence-corrected chi connectivity index (χ1v) is 6.72. The van der Waals surface area contributed by atoms with Gasteiger partial charge in [-0.25, -0.2) is 4.79 Å². The van der Waals surface area contributed by atoms with Crippen LogP contribution < -0.4 is 0 Å². The van der Waals surface area contributed by atoms with Gasteiger partial charge in [0, 0.05) is 12.1 Å². The number of aromatic nitrogens is 3. The maximum atomic E-state index is 11.5. The molecule has 0 atom stereocenters. The summed E-state index contributed by atoms with van der Waals surface area (Å²) < 4.78 is 6.70. The van der Waals surface area contributed by atoms with E-state index in [2.05, 4.69) is 10.2 Å². The van der Waals surface area contributed by atoms with E-state index < -0.39 is 0 Å². The number of pyridine rings is 1. The number of rotatable bonds is 2. The van der Waals surface area contributed by atoms with Gasteiger partial charge in [0.05, 0.1) is 12.7 Å². The largest absolute Gasteiger partial charge is 0.465 e. The Labute approximate surface area is 111 Å². The molecular weight excluding hydrogens is 242 g/mol. The fourth-order valence-electron chi connectivity index (χ4n) is 2.79. The zero-order chi connectivity index (χ0) is 13.2. The first-order valence-electron chi connectivity index (χ1n) is 6.72. The van der Waals surface area contributed by atoms with E-state index in [0.717, 1.165) is 5.82 Å². The number of nitrogens with zero attached hydrogens (tertiary/aromatic N) is 3. The molecule has 0 amide bonds. The minimum absolute atomic E-state index is 0.343. The molecule has 0 bridgehead atoms. The summed E-state index contributed by atoms with van der Waals surface area (Å²) in [5.41, 5.74) is 1.22. The lowest BCUT2D eigenvalue weighted by Gasteiger charge is -2.19. The molecule has 2 aromatic heterocycles. The smallest absolute Gasteiger partial charge is 0.338 e. The Balaban J connectivity index is 1.97. The summed E-state index contributed by atoms with van der Waals surface area (Å²) in [6.07, 6.45) is 8.07. The van der Waals surface area contributed by atoms with Crippen LogP contribution in [0.3, 0.4) is 0 Å². The standard InChI is InChI=1S/C14H17N3O2/c1-19-14(18)11-7-8-17-12(9-11)15-16-13(17)10-5-3-2-4-6-10/h7-10H,2-6H2,1H3. The minimum atomic E-state index is -0.343. The second kappa shape index (κ2) is 4.99. The van der Waals surface area contributed by atoms with Crippen LogP contribution in [-0.2, 0) is 4.74 Å². The van der Waals surface area contributed by atoms with Crippen LogP contribution in [0.4, 0.5) is 0 Å². The highest BCUT2D eigenvalue weighted by molar-refractivity contribution is 5.90. The van der Waals surface area contributed by atoms with Gasteiger partial charge in [0.2, 0.25) is 0 Å². The van der Waals surface area contributed by atoms with Crippen molar-refractivity contribution in [3.8, 4) is 0 Å². The summed E-state index contributed by atoms with van der Waals surface area (Å²) >= 11 is 0. The average molecular weight is 259 g/mol. The molecule has 0 N–H and O–H groups in total. The highest BCUT2D eigenvalue weighted by Crippen LogP contribution is 2.31. The van der Waals surface area contributed by atoms with Crippen LogP contribution in [0.1, 0.15) is 54.2 Å². The highest BCUT2D eigenvalue weighted by atomic mass is 16.5. The molecule has 19 heavy (non-hydrogen) atoms. The molecule has 0 unspecified atom stereocenters. The molecule has 2 aromatic rings. The number of hydrogen-bond donors (Lipinski definition) is 0. The number of fused-ring (bicyclic) bond motifs is 1. The van der Waals surface area contributed by atoms with Gasteiger partial charge < -0.3 is 4.74 Å². The average Bonchev–Trinajstić information content (AvgIpc) is 2.90. The Bertz CT molecular complexity index is 600. The van der Waals surface area contributed by atoms with Gasteiger partial charge in [-0.1, -0.05) is 19.3 Å². The number of carbonyl (C=O) groups excluding carboxylic acids is 1. The second-order valence-corrected chi connectivity index (χ2v) is 5.03. The van der Waals surface area contributed by atoms with Gasteiger partial charge in [-0.15, -0.1) is 10.2 Å². The molecule has 5 nitrogen and oxygen atoms in total. The third-order valence-electron chi connectivity index (χ3n) is 3.83. The molecule has 1 fully saturated rings. The fraction of sp³-hybridized carbons (Fsp3) is 0.500. The van der Waals surface area contributed by atoms with Crippen molar-refractivity contribution in [3.63, 3.8) is 0 Å². The molecule has 1 saturated carbocycles. The Morgan fingerprint density at radius 1 is 1.32 bits per heavy atom. The monoisotopic (exact) mass is 259 g/mol. The van der Waals surface area contributed by atoms with Crippen LogP contribution >= 0.6 is 0 Å². The van der Waals surface area contributed by atoms with Crippen LogP contribution in [0.5, 0.6) is 0 Å². The number of ether oxygens (including phenoxy) is 1. The molecule has 1 aliphatic rings. The number of carbonyl (C=O) groups is 1. The van der Waals surface area contributed by atoms with E-state index in [1.165, 1.54) is 39.2 Å². The van der Waals surface area contributed by atoms with Crippen LogP contribution in [0.25, 0.3) is 5.65 Å². The summed E-state index contributed by atoms with van der Waals surface area (Å²) in [4.78, 5) is 11.5. The normalized spacial score (nSPS) is 16.7. The maximum absolute atomic E-state index is 11.5. The van der Waals surface area contributed by atoms with Gasteiger partial charge in [-0.3, -0.25) is 4.40 Å². The number of methoxy groups -OCH3 is 1. The SMILES string of the molecule is COC(=O)c1ccn2c(C3CCCCC3)nnc2c1. The van der Waals surface area contributed by atoms with Crippen molar-refractivity contribution in [1.29, 1.82) is 0 Å². The molecule has 2 heterocycles. The highest BCUT2D eigenvalue weighted by Gasteiger charge is 2.21. The van der Waals surface area contributed by atoms with Crippen molar-refractivity contribution in [1.82, 2.24) is 14.6 Å². The van der Waals surface area contributed by atoms with Gasteiger partial charge in [-0.2, -0.15) is 0 Å². The van der Waals surface area contributed by atoms with E-state index in [4.69, 9.17) is 4.74 Å². The number of esters is 1. The van der Waals surface area contributed by atoms with Crippen LogP contribution in [0.15, 0.2) is 18.3 Å². The van der Waals surface area contributed by atoms with Crippen molar-refractivity contribution in [3.05, 3.63) is 29.7 Å².